The summed E-state index contributed by atoms with van der Waals surface area (Å²) in [6.07, 6.45) is 3.77. The van der Waals surface area contributed by atoms with E-state index in [0.29, 0.717) is 18.9 Å². The third-order valence-electron chi connectivity index (χ3n) is 3.90. The molecule has 96 valence electrons. The van der Waals surface area contributed by atoms with Gasteiger partial charge in [-0.3, -0.25) is 9.59 Å². The Labute approximate surface area is 102 Å². The first-order valence-electron chi connectivity index (χ1n) is 6.44. The SMILES string of the molecule is CC1CCCNC1C(=O)N1CCCC1C(N)=O. The van der Waals surface area contributed by atoms with Crippen molar-refractivity contribution in [3.05, 3.63) is 0 Å². The van der Waals surface area contributed by atoms with Gasteiger partial charge < -0.3 is 16.0 Å². The van der Waals surface area contributed by atoms with Gasteiger partial charge in [0.2, 0.25) is 11.8 Å². The van der Waals surface area contributed by atoms with E-state index in [0.717, 1.165) is 25.8 Å². The van der Waals surface area contributed by atoms with E-state index in [1.165, 1.54) is 0 Å². The molecule has 3 atom stereocenters. The number of nitrogens with one attached hydrogen (secondary N) is 1. The fourth-order valence-electron chi connectivity index (χ4n) is 2.89. The van der Waals surface area contributed by atoms with Crippen molar-refractivity contribution in [2.75, 3.05) is 13.1 Å². The Morgan fingerprint density at radius 3 is 2.71 bits per heavy atom. The van der Waals surface area contributed by atoms with Crippen molar-refractivity contribution in [3.63, 3.8) is 0 Å². The van der Waals surface area contributed by atoms with Crippen molar-refractivity contribution >= 4 is 11.8 Å². The van der Waals surface area contributed by atoms with E-state index in [4.69, 9.17) is 5.73 Å². The number of piperidine rings is 1. The van der Waals surface area contributed by atoms with Gasteiger partial charge in [0.25, 0.3) is 0 Å². The summed E-state index contributed by atoms with van der Waals surface area (Å²) < 4.78 is 0. The molecule has 0 aromatic heterocycles. The van der Waals surface area contributed by atoms with Crippen LogP contribution in [0.4, 0.5) is 0 Å². The predicted octanol–water partition coefficient (Wildman–Crippen LogP) is -0.149. The lowest BCUT2D eigenvalue weighted by molar-refractivity contribution is -0.140. The molecule has 0 aromatic carbocycles. The van der Waals surface area contributed by atoms with E-state index in [1.54, 1.807) is 4.90 Å². The first-order valence-corrected chi connectivity index (χ1v) is 6.44. The van der Waals surface area contributed by atoms with Crippen LogP contribution in [-0.2, 0) is 9.59 Å². The topological polar surface area (TPSA) is 75.4 Å². The van der Waals surface area contributed by atoms with Gasteiger partial charge in [0.05, 0.1) is 6.04 Å². The van der Waals surface area contributed by atoms with Gasteiger partial charge in [-0.05, 0) is 38.1 Å². The average molecular weight is 239 g/mol. The number of nitrogens with two attached hydrogens (primary N) is 1. The van der Waals surface area contributed by atoms with Crippen molar-refractivity contribution in [3.8, 4) is 0 Å². The number of carbonyl (C=O) groups excluding carboxylic acids is 2. The zero-order chi connectivity index (χ0) is 12.4. The van der Waals surface area contributed by atoms with Gasteiger partial charge in [0.1, 0.15) is 6.04 Å². The highest BCUT2D eigenvalue weighted by Crippen LogP contribution is 2.23. The minimum atomic E-state index is -0.390. The minimum Gasteiger partial charge on any atom is -0.368 e. The van der Waals surface area contributed by atoms with Crippen LogP contribution < -0.4 is 11.1 Å². The molecule has 5 heteroatoms. The molecule has 5 nitrogen and oxygen atoms in total. The molecule has 0 bridgehead atoms. The number of primary amides is 1. The van der Waals surface area contributed by atoms with Crippen LogP contribution in [0.15, 0.2) is 0 Å². The van der Waals surface area contributed by atoms with Gasteiger partial charge >= 0.3 is 0 Å². The number of hydrogen-bond acceptors (Lipinski definition) is 3. The van der Waals surface area contributed by atoms with E-state index in [1.807, 2.05) is 0 Å². The highest BCUT2D eigenvalue weighted by atomic mass is 16.2. The molecule has 3 unspecified atom stereocenters. The van der Waals surface area contributed by atoms with Gasteiger partial charge in [-0.1, -0.05) is 6.92 Å². The fourth-order valence-corrected chi connectivity index (χ4v) is 2.89. The highest BCUT2D eigenvalue weighted by Gasteiger charge is 2.38. The maximum atomic E-state index is 12.4. The van der Waals surface area contributed by atoms with Gasteiger partial charge in [0.15, 0.2) is 0 Å². The Morgan fingerprint density at radius 1 is 1.29 bits per heavy atom. The molecule has 2 heterocycles. The monoisotopic (exact) mass is 239 g/mol. The number of carbonyl (C=O) groups is 2. The summed E-state index contributed by atoms with van der Waals surface area (Å²) in [5.74, 6) is 0.0168. The molecule has 0 aromatic rings. The summed E-state index contributed by atoms with van der Waals surface area (Å²) in [6, 6.07) is -0.526. The third kappa shape index (κ3) is 2.44. The highest BCUT2D eigenvalue weighted by molar-refractivity contribution is 5.89. The molecule has 2 saturated heterocycles. The number of likely N-dealkylation sites (tertiary alicyclic amines) is 1. The molecule has 2 aliphatic heterocycles. The van der Waals surface area contributed by atoms with Gasteiger partial charge in [0, 0.05) is 6.54 Å². The second kappa shape index (κ2) is 5.04. The van der Waals surface area contributed by atoms with Gasteiger partial charge in [-0.15, -0.1) is 0 Å². The molecule has 2 rings (SSSR count). The van der Waals surface area contributed by atoms with E-state index in [-0.39, 0.29) is 17.9 Å². The van der Waals surface area contributed by atoms with Crippen LogP contribution >= 0.6 is 0 Å². The van der Waals surface area contributed by atoms with E-state index >= 15 is 0 Å². The lowest BCUT2D eigenvalue weighted by atomic mass is 9.91. The molecule has 0 saturated carbocycles. The molecule has 2 amide bonds. The number of nitrogens with zero attached hydrogens (tertiary/aromatic N) is 1. The summed E-state index contributed by atoms with van der Waals surface area (Å²) in [7, 11) is 0. The first-order chi connectivity index (χ1) is 8.11. The number of hydrogen-bond donors (Lipinski definition) is 2. The van der Waals surface area contributed by atoms with Crippen molar-refractivity contribution in [1.82, 2.24) is 10.2 Å². The zero-order valence-electron chi connectivity index (χ0n) is 10.3. The van der Waals surface area contributed by atoms with Gasteiger partial charge in [-0.25, -0.2) is 0 Å². The standard InChI is InChI=1S/C12H21N3O2/c1-8-4-2-6-14-10(8)12(17)15-7-3-5-9(15)11(13)16/h8-10,14H,2-7H2,1H3,(H2,13,16). The molecule has 3 N–H and O–H groups in total. The second-order valence-corrected chi connectivity index (χ2v) is 5.14. The smallest absolute Gasteiger partial charge is 0.240 e. The van der Waals surface area contributed by atoms with Crippen molar-refractivity contribution in [1.29, 1.82) is 0 Å². The molecular weight excluding hydrogens is 218 g/mol. The summed E-state index contributed by atoms with van der Waals surface area (Å²) in [5, 5.41) is 3.26. The van der Waals surface area contributed by atoms with Crippen molar-refractivity contribution in [2.24, 2.45) is 11.7 Å². The molecule has 17 heavy (non-hydrogen) atoms. The van der Waals surface area contributed by atoms with E-state index < -0.39 is 6.04 Å². The summed E-state index contributed by atoms with van der Waals surface area (Å²) in [6.45, 7) is 3.64. The van der Waals surface area contributed by atoms with Gasteiger partial charge in [-0.2, -0.15) is 0 Å². The van der Waals surface area contributed by atoms with Crippen molar-refractivity contribution < 1.29 is 9.59 Å². The van der Waals surface area contributed by atoms with Crippen molar-refractivity contribution in [2.45, 2.75) is 44.7 Å². The van der Waals surface area contributed by atoms with Crippen LogP contribution in [0, 0.1) is 5.92 Å². The molecule has 2 aliphatic rings. The van der Waals surface area contributed by atoms with E-state index in [2.05, 4.69) is 12.2 Å². The van der Waals surface area contributed by atoms with Crippen LogP contribution in [0.2, 0.25) is 0 Å². The van der Waals surface area contributed by atoms with Crippen LogP contribution in [0.25, 0.3) is 0 Å². The Morgan fingerprint density at radius 2 is 2.06 bits per heavy atom. The first kappa shape index (κ1) is 12.4. The van der Waals surface area contributed by atoms with Crippen LogP contribution in [0.5, 0.6) is 0 Å². The lowest BCUT2D eigenvalue weighted by Crippen LogP contribution is -2.55. The largest absolute Gasteiger partial charge is 0.368 e. The second-order valence-electron chi connectivity index (χ2n) is 5.14. The summed E-state index contributed by atoms with van der Waals surface area (Å²) >= 11 is 0. The molecule has 0 radical (unpaired) electrons. The predicted molar refractivity (Wildman–Crippen MR) is 64.1 cm³/mol. The fraction of sp³-hybridized carbons (Fsp3) is 0.833. The van der Waals surface area contributed by atoms with E-state index in [9.17, 15) is 9.59 Å². The van der Waals surface area contributed by atoms with Crippen LogP contribution in [-0.4, -0.2) is 41.9 Å². The third-order valence-corrected chi connectivity index (χ3v) is 3.90. The zero-order valence-corrected chi connectivity index (χ0v) is 10.3. The summed E-state index contributed by atoms with van der Waals surface area (Å²) in [5.41, 5.74) is 5.34. The molecule has 2 fully saturated rings. The summed E-state index contributed by atoms with van der Waals surface area (Å²) in [4.78, 5) is 25.3. The Kier molecular flexibility index (Phi) is 3.66. The lowest BCUT2D eigenvalue weighted by Gasteiger charge is -2.33. The normalized spacial score (nSPS) is 33.7. The molecule has 0 spiro atoms. The van der Waals surface area contributed by atoms with Crippen LogP contribution in [0.1, 0.15) is 32.6 Å². The average Bonchev–Trinajstić information content (AvgIpc) is 2.77. The Bertz CT molecular complexity index is 319. The Balaban J connectivity index is 2.05. The molecular formula is C12H21N3O2. The number of rotatable bonds is 2. The quantitative estimate of drug-likeness (QED) is 0.703. The maximum absolute atomic E-state index is 12.4. The minimum absolute atomic E-state index is 0.0542. The molecule has 0 aliphatic carbocycles. The van der Waals surface area contributed by atoms with Crippen LogP contribution in [0.3, 0.4) is 0 Å². The number of amides is 2. The maximum Gasteiger partial charge on any atom is 0.240 e. The Hall–Kier alpha value is -1.10.